The Morgan fingerprint density at radius 2 is 2.00 bits per heavy atom. The molecular weight excluding hydrogens is 247 g/mol. The maximum atomic E-state index is 10.7. The van der Waals surface area contributed by atoms with E-state index in [0.29, 0.717) is 6.42 Å². The van der Waals surface area contributed by atoms with E-state index in [1.54, 1.807) is 0 Å². The van der Waals surface area contributed by atoms with Gasteiger partial charge in [0.2, 0.25) is 0 Å². The molecule has 0 aliphatic heterocycles. The number of hydrogen-bond acceptors (Lipinski definition) is 2. The van der Waals surface area contributed by atoms with Crippen LogP contribution >= 0.6 is 0 Å². The van der Waals surface area contributed by atoms with Crippen molar-refractivity contribution in [2.75, 3.05) is 0 Å². The van der Waals surface area contributed by atoms with Gasteiger partial charge >= 0.3 is 72.4 Å². The van der Waals surface area contributed by atoms with Crippen LogP contribution in [0.3, 0.4) is 0 Å². The van der Waals surface area contributed by atoms with Crippen LogP contribution in [0, 0.1) is 0 Å². The molecular formula is C7H18N2OSn. The summed E-state index contributed by atoms with van der Waals surface area (Å²) < 4.78 is 1.27. The predicted octanol–water partition coefficient (Wildman–Crippen LogP) is 1.09. The van der Waals surface area contributed by atoms with Gasteiger partial charge in [-0.05, 0) is 0 Å². The Balaban J connectivity index is 3.35. The van der Waals surface area contributed by atoms with Crippen LogP contribution in [0.1, 0.15) is 12.8 Å². The molecule has 3 N–H and O–H groups in total. The number of nitrogens with one attached hydrogen (secondary N) is 1. The molecule has 0 saturated heterocycles. The van der Waals surface area contributed by atoms with Gasteiger partial charge in [-0.25, -0.2) is 0 Å². The number of nitrogens with two attached hydrogens (primary N) is 1. The average molecular weight is 265 g/mol. The first-order valence-corrected chi connectivity index (χ1v) is 14.5. The predicted molar refractivity (Wildman–Crippen MR) is 49.7 cm³/mol. The fourth-order valence-electron chi connectivity index (χ4n) is 0.851. The SMILES string of the molecule is [CH3][Sn]([CH3])([CH3])[CH2]CCC(=O)NN. The fourth-order valence-corrected chi connectivity index (χ4v) is 4.38. The van der Waals surface area contributed by atoms with Gasteiger partial charge in [-0.15, -0.1) is 0 Å². The normalized spacial score (nSPS) is 11.3. The Kier molecular flexibility index (Phi) is 5.08. The monoisotopic (exact) mass is 266 g/mol. The van der Waals surface area contributed by atoms with Gasteiger partial charge in [0, 0.05) is 0 Å². The standard InChI is InChI=1S/C4H9N2O.3CH3.Sn/c1-2-3-4(7)6-5;;;;/h1-3,5H2,(H,6,7);3*1H3;. The van der Waals surface area contributed by atoms with E-state index in [1.165, 1.54) is 4.44 Å². The molecule has 0 unspecified atom stereocenters. The van der Waals surface area contributed by atoms with Gasteiger partial charge < -0.3 is 0 Å². The van der Waals surface area contributed by atoms with Crippen molar-refractivity contribution in [3.8, 4) is 0 Å². The molecule has 4 heteroatoms. The Hall–Kier alpha value is 0.229. The molecule has 0 rings (SSSR count). The maximum absolute atomic E-state index is 10.7. The van der Waals surface area contributed by atoms with Crippen LogP contribution in [0.4, 0.5) is 0 Å². The van der Waals surface area contributed by atoms with Crippen molar-refractivity contribution in [3.05, 3.63) is 0 Å². The summed E-state index contributed by atoms with van der Waals surface area (Å²) in [5, 5.41) is 0. The number of carbonyl (C=O) groups excluding carboxylic acids is 1. The minimum atomic E-state index is -1.61. The van der Waals surface area contributed by atoms with Crippen LogP contribution in [-0.2, 0) is 4.79 Å². The Morgan fingerprint density at radius 1 is 1.45 bits per heavy atom. The number of hydrogen-bond donors (Lipinski definition) is 2. The summed E-state index contributed by atoms with van der Waals surface area (Å²) >= 11 is -1.61. The number of hydrazine groups is 1. The Morgan fingerprint density at radius 3 is 2.36 bits per heavy atom. The van der Waals surface area contributed by atoms with Crippen molar-refractivity contribution in [3.63, 3.8) is 0 Å². The molecule has 0 aromatic carbocycles. The summed E-state index contributed by atoms with van der Waals surface area (Å²) in [5.41, 5.74) is 2.14. The average Bonchev–Trinajstić information content (AvgIpc) is 1.85. The molecule has 1 amide bonds. The summed E-state index contributed by atoms with van der Waals surface area (Å²) in [7, 11) is 0. The van der Waals surface area contributed by atoms with Gasteiger partial charge in [0.25, 0.3) is 0 Å². The molecule has 0 heterocycles. The van der Waals surface area contributed by atoms with E-state index >= 15 is 0 Å². The van der Waals surface area contributed by atoms with Gasteiger partial charge in [-0.3, -0.25) is 0 Å². The summed E-state index contributed by atoms with van der Waals surface area (Å²) in [6, 6.07) is 0. The van der Waals surface area contributed by atoms with E-state index in [2.05, 4.69) is 20.2 Å². The molecule has 11 heavy (non-hydrogen) atoms. The molecule has 0 saturated carbocycles. The summed E-state index contributed by atoms with van der Waals surface area (Å²) in [4.78, 5) is 17.8. The first kappa shape index (κ1) is 11.2. The first-order chi connectivity index (χ1) is 4.95. The minimum absolute atomic E-state index is 0.0412. The van der Waals surface area contributed by atoms with Crippen molar-refractivity contribution < 1.29 is 4.79 Å². The van der Waals surface area contributed by atoms with Crippen molar-refractivity contribution in [2.45, 2.75) is 32.1 Å². The molecule has 0 aliphatic rings. The van der Waals surface area contributed by atoms with Crippen LogP contribution in [-0.4, -0.2) is 24.3 Å². The Labute approximate surface area is 72.6 Å². The van der Waals surface area contributed by atoms with Crippen LogP contribution in [0.25, 0.3) is 0 Å². The molecule has 0 atom stereocenters. The molecule has 0 spiro atoms. The zero-order chi connectivity index (χ0) is 8.91. The van der Waals surface area contributed by atoms with Crippen molar-refractivity contribution in [1.29, 1.82) is 0 Å². The van der Waals surface area contributed by atoms with Gasteiger partial charge in [0.05, 0.1) is 0 Å². The summed E-state index contributed by atoms with van der Waals surface area (Å²) in [6.07, 6.45) is 1.59. The third-order valence-corrected chi connectivity index (χ3v) is 6.78. The number of carbonyl (C=O) groups is 1. The zero-order valence-electron chi connectivity index (χ0n) is 7.61. The molecule has 0 bridgehead atoms. The van der Waals surface area contributed by atoms with Gasteiger partial charge in [0.15, 0.2) is 0 Å². The second-order valence-electron chi connectivity index (χ2n) is 3.98. The van der Waals surface area contributed by atoms with Crippen LogP contribution in [0.2, 0.25) is 19.3 Å². The fraction of sp³-hybridized carbons (Fsp3) is 0.857. The Bertz CT molecular complexity index is 131. The third kappa shape index (κ3) is 8.13. The second kappa shape index (κ2) is 4.98. The quantitative estimate of drug-likeness (QED) is 0.346. The van der Waals surface area contributed by atoms with Crippen molar-refractivity contribution in [2.24, 2.45) is 5.84 Å². The van der Waals surface area contributed by atoms with E-state index in [4.69, 9.17) is 5.84 Å². The number of amides is 1. The van der Waals surface area contributed by atoms with E-state index in [0.717, 1.165) is 6.42 Å². The topological polar surface area (TPSA) is 55.1 Å². The van der Waals surface area contributed by atoms with E-state index in [1.807, 2.05) is 0 Å². The molecule has 0 aromatic heterocycles. The molecule has 0 radical (unpaired) electrons. The third-order valence-electron chi connectivity index (χ3n) is 1.49. The molecule has 0 fully saturated rings. The van der Waals surface area contributed by atoms with Crippen molar-refractivity contribution >= 4 is 24.3 Å². The molecule has 0 aliphatic carbocycles. The van der Waals surface area contributed by atoms with Crippen molar-refractivity contribution in [1.82, 2.24) is 5.43 Å². The molecule has 66 valence electrons. The van der Waals surface area contributed by atoms with Gasteiger partial charge in [-0.1, -0.05) is 0 Å². The first-order valence-electron chi connectivity index (χ1n) is 3.95. The van der Waals surface area contributed by atoms with Gasteiger partial charge in [-0.2, -0.15) is 0 Å². The van der Waals surface area contributed by atoms with Crippen LogP contribution < -0.4 is 11.3 Å². The molecule has 3 nitrogen and oxygen atoms in total. The van der Waals surface area contributed by atoms with Gasteiger partial charge in [0.1, 0.15) is 0 Å². The molecule has 0 aromatic rings. The van der Waals surface area contributed by atoms with E-state index in [9.17, 15) is 4.79 Å². The van der Waals surface area contributed by atoms with E-state index in [-0.39, 0.29) is 5.91 Å². The summed E-state index contributed by atoms with van der Waals surface area (Å²) in [6.45, 7) is 0. The number of rotatable bonds is 4. The zero-order valence-corrected chi connectivity index (χ0v) is 10.5. The van der Waals surface area contributed by atoms with Crippen LogP contribution in [0.5, 0.6) is 0 Å². The van der Waals surface area contributed by atoms with E-state index < -0.39 is 18.4 Å². The second-order valence-corrected chi connectivity index (χ2v) is 20.0. The van der Waals surface area contributed by atoms with Crippen LogP contribution in [0.15, 0.2) is 0 Å². The summed E-state index contributed by atoms with van der Waals surface area (Å²) in [5.74, 6) is 4.90.